The lowest BCUT2D eigenvalue weighted by Gasteiger charge is -2.18. The van der Waals surface area contributed by atoms with E-state index in [1.54, 1.807) is 30.3 Å². The maximum atomic E-state index is 13.0. The lowest BCUT2D eigenvalue weighted by atomic mass is 10.2. The topological polar surface area (TPSA) is 85.6 Å². The number of benzene rings is 1. The first-order valence-electron chi connectivity index (χ1n) is 6.42. The van der Waals surface area contributed by atoms with Gasteiger partial charge in [0.2, 0.25) is 5.88 Å². The Hall–Kier alpha value is -3.17. The summed E-state index contributed by atoms with van der Waals surface area (Å²) in [6.45, 7) is 0. The number of rotatable bonds is 3. The molecular weight excluding hydrogens is 331 g/mol. The predicted molar refractivity (Wildman–Crippen MR) is 76.8 cm³/mol. The number of nitro groups is 1. The molecule has 7 nitrogen and oxygen atoms in total. The lowest BCUT2D eigenvalue weighted by Crippen LogP contribution is -2.30. The number of para-hydroxylation sites is 1. The van der Waals surface area contributed by atoms with Crippen molar-refractivity contribution in [1.29, 1.82) is 0 Å². The highest BCUT2D eigenvalue weighted by Gasteiger charge is 2.38. The molecule has 2 aromatic rings. The average molecular weight is 341 g/mol. The van der Waals surface area contributed by atoms with Crippen molar-refractivity contribution in [2.75, 3.05) is 11.9 Å². The molecular formula is C14H10F3N3O4. The molecule has 0 radical (unpaired) electrons. The standard InChI is InChI=1S/C14H10F3N3O4/c1-19(9-5-3-2-4-6-9)13(21)24-12-11(14(15,16)17)7-10(8-18-12)20(22)23/h2-8H,1H3. The Morgan fingerprint density at radius 2 is 1.92 bits per heavy atom. The number of ether oxygens (including phenoxy) is 1. The summed E-state index contributed by atoms with van der Waals surface area (Å²) in [5.41, 5.74) is -1.98. The summed E-state index contributed by atoms with van der Waals surface area (Å²) >= 11 is 0. The molecule has 126 valence electrons. The number of carbonyl (C=O) groups is 1. The molecule has 2 rings (SSSR count). The fourth-order valence-electron chi connectivity index (χ4n) is 1.73. The normalized spacial score (nSPS) is 11.0. The molecule has 0 aliphatic rings. The van der Waals surface area contributed by atoms with Gasteiger partial charge in [0, 0.05) is 18.8 Å². The number of alkyl halides is 3. The van der Waals surface area contributed by atoms with Crippen molar-refractivity contribution in [3.63, 3.8) is 0 Å². The first kappa shape index (κ1) is 17.2. The highest BCUT2D eigenvalue weighted by atomic mass is 19.4. The number of amides is 1. The SMILES string of the molecule is CN(C(=O)Oc1ncc([N+](=O)[O-])cc1C(F)(F)F)c1ccccc1. The summed E-state index contributed by atoms with van der Waals surface area (Å²) in [6.07, 6.45) is -5.51. The Labute approximate surface area is 133 Å². The second-order valence-corrected chi connectivity index (χ2v) is 4.56. The summed E-state index contributed by atoms with van der Waals surface area (Å²) in [7, 11) is 1.30. The van der Waals surface area contributed by atoms with Crippen LogP contribution in [0.25, 0.3) is 0 Å². The molecule has 0 bridgehead atoms. The van der Waals surface area contributed by atoms with E-state index < -0.39 is 34.3 Å². The number of pyridine rings is 1. The molecule has 24 heavy (non-hydrogen) atoms. The van der Waals surface area contributed by atoms with E-state index in [0.717, 1.165) is 4.90 Å². The summed E-state index contributed by atoms with van der Waals surface area (Å²) < 4.78 is 43.7. The van der Waals surface area contributed by atoms with Crippen molar-refractivity contribution < 1.29 is 27.6 Å². The molecule has 1 heterocycles. The molecule has 1 amide bonds. The fraction of sp³-hybridized carbons (Fsp3) is 0.143. The molecule has 0 aliphatic carbocycles. The van der Waals surface area contributed by atoms with Gasteiger partial charge in [-0.3, -0.25) is 15.0 Å². The molecule has 0 atom stereocenters. The minimum absolute atomic E-state index is 0.262. The number of carbonyl (C=O) groups excluding carboxylic acids is 1. The smallest absolute Gasteiger partial charge is 0.390 e. The number of aromatic nitrogens is 1. The lowest BCUT2D eigenvalue weighted by molar-refractivity contribution is -0.385. The van der Waals surface area contributed by atoms with Gasteiger partial charge in [0.15, 0.2) is 0 Å². The number of halogens is 3. The van der Waals surface area contributed by atoms with E-state index in [1.807, 2.05) is 0 Å². The zero-order chi connectivity index (χ0) is 17.9. The predicted octanol–water partition coefficient (Wildman–Crippen LogP) is 3.64. The van der Waals surface area contributed by atoms with Gasteiger partial charge >= 0.3 is 12.3 Å². The Bertz CT molecular complexity index is 766. The molecule has 0 saturated carbocycles. The largest absolute Gasteiger partial charge is 0.421 e. The molecule has 0 N–H and O–H groups in total. The van der Waals surface area contributed by atoms with E-state index in [0.29, 0.717) is 11.9 Å². The van der Waals surface area contributed by atoms with Crippen molar-refractivity contribution >= 4 is 17.5 Å². The summed E-state index contributed by atoms with van der Waals surface area (Å²) in [4.78, 5) is 25.8. The van der Waals surface area contributed by atoms with Crippen LogP contribution in [0.5, 0.6) is 5.88 Å². The van der Waals surface area contributed by atoms with Crippen molar-refractivity contribution in [2.45, 2.75) is 6.18 Å². The van der Waals surface area contributed by atoms with Crippen LogP contribution in [0, 0.1) is 10.1 Å². The third-order valence-corrected chi connectivity index (χ3v) is 2.95. The van der Waals surface area contributed by atoms with Crippen LogP contribution in [0.15, 0.2) is 42.6 Å². The third-order valence-electron chi connectivity index (χ3n) is 2.95. The van der Waals surface area contributed by atoms with E-state index in [-0.39, 0.29) is 6.07 Å². The molecule has 1 aromatic heterocycles. The second-order valence-electron chi connectivity index (χ2n) is 4.56. The van der Waals surface area contributed by atoms with Crippen LogP contribution in [-0.4, -0.2) is 23.0 Å². The Morgan fingerprint density at radius 3 is 2.46 bits per heavy atom. The highest BCUT2D eigenvalue weighted by molar-refractivity contribution is 5.88. The Kier molecular flexibility index (Phi) is 4.67. The Balaban J connectivity index is 2.32. The van der Waals surface area contributed by atoms with Crippen molar-refractivity contribution in [1.82, 2.24) is 4.98 Å². The van der Waals surface area contributed by atoms with Crippen LogP contribution >= 0.6 is 0 Å². The monoisotopic (exact) mass is 341 g/mol. The van der Waals surface area contributed by atoms with Gasteiger partial charge in [-0.05, 0) is 12.1 Å². The van der Waals surface area contributed by atoms with Gasteiger partial charge in [-0.1, -0.05) is 18.2 Å². The number of nitrogens with zero attached hydrogens (tertiary/aromatic N) is 3. The molecule has 0 spiro atoms. The molecule has 1 aromatic carbocycles. The molecule has 0 unspecified atom stereocenters. The molecule has 0 saturated heterocycles. The van der Waals surface area contributed by atoms with Crippen LogP contribution in [0.3, 0.4) is 0 Å². The zero-order valence-electron chi connectivity index (χ0n) is 12.1. The minimum atomic E-state index is -4.97. The average Bonchev–Trinajstić information content (AvgIpc) is 2.54. The van der Waals surface area contributed by atoms with E-state index in [2.05, 4.69) is 9.72 Å². The first-order chi connectivity index (χ1) is 11.2. The van der Waals surface area contributed by atoms with Gasteiger partial charge in [-0.25, -0.2) is 9.78 Å². The van der Waals surface area contributed by atoms with Crippen LogP contribution in [0.1, 0.15) is 5.56 Å². The number of hydrogen-bond donors (Lipinski definition) is 0. The maximum absolute atomic E-state index is 13.0. The van der Waals surface area contributed by atoms with Crippen LogP contribution in [0.2, 0.25) is 0 Å². The fourth-order valence-corrected chi connectivity index (χ4v) is 1.73. The van der Waals surface area contributed by atoms with Gasteiger partial charge in [0.05, 0.1) is 4.92 Å². The van der Waals surface area contributed by atoms with Gasteiger partial charge in [0.1, 0.15) is 11.8 Å². The van der Waals surface area contributed by atoms with E-state index in [1.165, 1.54) is 7.05 Å². The molecule has 10 heteroatoms. The van der Waals surface area contributed by atoms with Crippen molar-refractivity contribution in [3.05, 3.63) is 58.3 Å². The van der Waals surface area contributed by atoms with Gasteiger partial charge in [-0.2, -0.15) is 13.2 Å². The highest BCUT2D eigenvalue weighted by Crippen LogP contribution is 2.37. The van der Waals surface area contributed by atoms with Crippen molar-refractivity contribution in [3.8, 4) is 5.88 Å². The van der Waals surface area contributed by atoms with Crippen LogP contribution in [-0.2, 0) is 6.18 Å². The number of anilines is 1. The third kappa shape index (κ3) is 3.77. The van der Waals surface area contributed by atoms with Gasteiger partial charge in [-0.15, -0.1) is 0 Å². The van der Waals surface area contributed by atoms with Gasteiger partial charge in [0.25, 0.3) is 5.69 Å². The van der Waals surface area contributed by atoms with Crippen LogP contribution in [0.4, 0.5) is 29.3 Å². The van der Waals surface area contributed by atoms with E-state index in [4.69, 9.17) is 0 Å². The number of hydrogen-bond acceptors (Lipinski definition) is 5. The summed E-state index contributed by atoms with van der Waals surface area (Å²) in [6, 6.07) is 8.32. The van der Waals surface area contributed by atoms with Crippen molar-refractivity contribution in [2.24, 2.45) is 0 Å². The van der Waals surface area contributed by atoms with Gasteiger partial charge < -0.3 is 4.74 Å². The second kappa shape index (κ2) is 6.52. The van der Waals surface area contributed by atoms with E-state index >= 15 is 0 Å². The Morgan fingerprint density at radius 1 is 1.29 bits per heavy atom. The summed E-state index contributed by atoms with van der Waals surface area (Å²) in [5.74, 6) is -1.05. The zero-order valence-corrected chi connectivity index (χ0v) is 12.1. The quantitative estimate of drug-likeness (QED) is 0.628. The summed E-state index contributed by atoms with van der Waals surface area (Å²) in [5, 5.41) is 10.6. The molecule has 0 fully saturated rings. The maximum Gasteiger partial charge on any atom is 0.421 e. The molecule has 0 aliphatic heterocycles. The first-order valence-corrected chi connectivity index (χ1v) is 6.42. The van der Waals surface area contributed by atoms with E-state index in [9.17, 15) is 28.1 Å². The van der Waals surface area contributed by atoms with Crippen LogP contribution < -0.4 is 9.64 Å². The minimum Gasteiger partial charge on any atom is -0.390 e.